The zero-order valence-electron chi connectivity index (χ0n) is 15.7. The Balaban J connectivity index is 0.00000364. The number of nitrogens with two attached hydrogens (primary N) is 1. The molecule has 0 aromatic heterocycles. The molecule has 154 valence electrons. The van der Waals surface area contributed by atoms with Crippen LogP contribution in [0.5, 0.6) is 0 Å². The van der Waals surface area contributed by atoms with Gasteiger partial charge in [-0.15, -0.1) is 12.4 Å². The van der Waals surface area contributed by atoms with Gasteiger partial charge in [-0.2, -0.15) is 0 Å². The molecule has 1 amide bonds. The quantitative estimate of drug-likeness (QED) is 0.597. The molecule has 1 saturated heterocycles. The summed E-state index contributed by atoms with van der Waals surface area (Å²) in [6.07, 6.45) is 3.25. The maximum atomic E-state index is 12.6. The van der Waals surface area contributed by atoms with Crippen LogP contribution in [0.1, 0.15) is 43.0 Å². The van der Waals surface area contributed by atoms with Crippen molar-refractivity contribution in [3.05, 3.63) is 29.8 Å². The maximum Gasteiger partial charge on any atom is 0.253 e. The number of rotatable bonds is 9. The van der Waals surface area contributed by atoms with E-state index < -0.39 is 10.0 Å². The molecule has 1 aromatic rings. The SMILES string of the molecule is CCCS(=O)(=O)Nc1ccc(C(=O)N2CCC(OCCCN)CC2)cc1.Cl. The van der Waals surface area contributed by atoms with E-state index in [1.165, 1.54) is 0 Å². The minimum Gasteiger partial charge on any atom is -0.378 e. The first-order valence-electron chi connectivity index (χ1n) is 9.16. The van der Waals surface area contributed by atoms with Crippen molar-refractivity contribution in [3.63, 3.8) is 0 Å². The van der Waals surface area contributed by atoms with Gasteiger partial charge in [0.1, 0.15) is 0 Å². The summed E-state index contributed by atoms with van der Waals surface area (Å²) in [6, 6.07) is 6.58. The second-order valence-corrected chi connectivity index (χ2v) is 8.34. The van der Waals surface area contributed by atoms with E-state index in [4.69, 9.17) is 10.5 Å². The smallest absolute Gasteiger partial charge is 0.253 e. The van der Waals surface area contributed by atoms with E-state index in [2.05, 4.69) is 4.72 Å². The normalized spacial score (nSPS) is 15.3. The van der Waals surface area contributed by atoms with Crippen LogP contribution >= 0.6 is 12.4 Å². The molecule has 1 fully saturated rings. The van der Waals surface area contributed by atoms with Crippen molar-refractivity contribution in [3.8, 4) is 0 Å². The van der Waals surface area contributed by atoms with Crippen molar-refractivity contribution >= 4 is 34.0 Å². The van der Waals surface area contributed by atoms with Crippen molar-refractivity contribution in [2.24, 2.45) is 5.73 Å². The lowest BCUT2D eigenvalue weighted by Gasteiger charge is -2.32. The first-order valence-corrected chi connectivity index (χ1v) is 10.8. The zero-order chi connectivity index (χ0) is 19.0. The number of likely N-dealkylation sites (tertiary alicyclic amines) is 1. The summed E-state index contributed by atoms with van der Waals surface area (Å²) in [5.74, 6) is 0.0454. The largest absolute Gasteiger partial charge is 0.378 e. The van der Waals surface area contributed by atoms with E-state index in [9.17, 15) is 13.2 Å². The average Bonchev–Trinajstić information content (AvgIpc) is 2.62. The molecular weight excluding hydrogens is 390 g/mol. The third-order valence-electron chi connectivity index (χ3n) is 4.31. The highest BCUT2D eigenvalue weighted by Gasteiger charge is 2.24. The first kappa shape index (κ1) is 23.7. The topological polar surface area (TPSA) is 102 Å². The Hall–Kier alpha value is -1.35. The van der Waals surface area contributed by atoms with Crippen LogP contribution in [-0.2, 0) is 14.8 Å². The van der Waals surface area contributed by atoms with Crippen LogP contribution in [0.3, 0.4) is 0 Å². The summed E-state index contributed by atoms with van der Waals surface area (Å²) < 4.78 is 31.8. The van der Waals surface area contributed by atoms with Gasteiger partial charge in [-0.3, -0.25) is 9.52 Å². The fourth-order valence-corrected chi connectivity index (χ4v) is 4.06. The highest BCUT2D eigenvalue weighted by molar-refractivity contribution is 7.92. The lowest BCUT2D eigenvalue weighted by atomic mass is 10.1. The van der Waals surface area contributed by atoms with Gasteiger partial charge in [0.15, 0.2) is 0 Å². The molecule has 1 heterocycles. The summed E-state index contributed by atoms with van der Waals surface area (Å²) in [5, 5.41) is 0. The van der Waals surface area contributed by atoms with Crippen molar-refractivity contribution in [2.45, 2.75) is 38.7 Å². The molecule has 0 saturated carbocycles. The predicted octanol–water partition coefficient (Wildman–Crippen LogP) is 2.23. The van der Waals surface area contributed by atoms with Gasteiger partial charge in [-0.1, -0.05) is 6.92 Å². The Labute approximate surface area is 168 Å². The molecule has 0 unspecified atom stereocenters. The number of halogens is 1. The van der Waals surface area contributed by atoms with Gasteiger partial charge in [0, 0.05) is 30.9 Å². The number of sulfonamides is 1. The fraction of sp³-hybridized carbons (Fsp3) is 0.611. The number of carbonyl (C=O) groups excluding carboxylic acids is 1. The third-order valence-corrected chi connectivity index (χ3v) is 5.80. The number of nitrogens with one attached hydrogen (secondary N) is 1. The second kappa shape index (κ2) is 11.5. The van der Waals surface area contributed by atoms with Crippen LogP contribution in [0, 0.1) is 0 Å². The van der Waals surface area contributed by atoms with E-state index in [0.717, 1.165) is 19.3 Å². The van der Waals surface area contributed by atoms with Gasteiger partial charge in [0.05, 0.1) is 11.9 Å². The van der Waals surface area contributed by atoms with Gasteiger partial charge in [0.2, 0.25) is 10.0 Å². The molecule has 2 rings (SSSR count). The number of ether oxygens (including phenoxy) is 1. The molecule has 9 heteroatoms. The van der Waals surface area contributed by atoms with E-state index in [1.807, 2.05) is 11.8 Å². The number of piperidine rings is 1. The van der Waals surface area contributed by atoms with Crippen molar-refractivity contribution in [2.75, 3.05) is 36.7 Å². The Bertz CT molecular complexity index is 674. The number of hydrogen-bond acceptors (Lipinski definition) is 5. The molecular formula is C18H30ClN3O4S. The van der Waals surface area contributed by atoms with E-state index in [0.29, 0.717) is 43.9 Å². The zero-order valence-corrected chi connectivity index (χ0v) is 17.4. The molecule has 0 radical (unpaired) electrons. The highest BCUT2D eigenvalue weighted by Crippen LogP contribution is 2.18. The van der Waals surface area contributed by atoms with Crippen LogP contribution in [-0.4, -0.2) is 57.3 Å². The molecule has 0 aliphatic carbocycles. The van der Waals surface area contributed by atoms with Crippen LogP contribution < -0.4 is 10.5 Å². The number of nitrogens with zero attached hydrogens (tertiary/aromatic N) is 1. The Kier molecular flexibility index (Phi) is 10.1. The van der Waals surface area contributed by atoms with Crippen LogP contribution in [0.15, 0.2) is 24.3 Å². The van der Waals surface area contributed by atoms with E-state index in [1.54, 1.807) is 24.3 Å². The minimum atomic E-state index is -3.32. The molecule has 1 aliphatic heterocycles. The second-order valence-electron chi connectivity index (χ2n) is 6.50. The maximum absolute atomic E-state index is 12.6. The first-order chi connectivity index (χ1) is 12.4. The summed E-state index contributed by atoms with van der Waals surface area (Å²) in [5.41, 5.74) is 6.49. The summed E-state index contributed by atoms with van der Waals surface area (Å²) >= 11 is 0. The van der Waals surface area contributed by atoms with Crippen molar-refractivity contribution in [1.82, 2.24) is 4.90 Å². The summed E-state index contributed by atoms with van der Waals surface area (Å²) in [7, 11) is -3.32. The minimum absolute atomic E-state index is 0. The summed E-state index contributed by atoms with van der Waals surface area (Å²) in [6.45, 7) is 4.44. The van der Waals surface area contributed by atoms with E-state index in [-0.39, 0.29) is 30.2 Å². The predicted molar refractivity (Wildman–Crippen MR) is 110 cm³/mol. The van der Waals surface area contributed by atoms with Crippen molar-refractivity contribution in [1.29, 1.82) is 0 Å². The van der Waals surface area contributed by atoms with E-state index >= 15 is 0 Å². The third kappa shape index (κ3) is 7.65. The molecule has 1 aromatic carbocycles. The highest BCUT2D eigenvalue weighted by atomic mass is 35.5. The van der Waals surface area contributed by atoms with Gasteiger partial charge >= 0.3 is 0 Å². The van der Waals surface area contributed by atoms with Crippen LogP contribution in [0.2, 0.25) is 0 Å². The fourth-order valence-electron chi connectivity index (χ4n) is 2.92. The number of amides is 1. The monoisotopic (exact) mass is 419 g/mol. The van der Waals surface area contributed by atoms with Gasteiger partial charge in [-0.05, 0) is 56.5 Å². The van der Waals surface area contributed by atoms with Crippen LogP contribution in [0.25, 0.3) is 0 Å². The summed E-state index contributed by atoms with van der Waals surface area (Å²) in [4.78, 5) is 14.4. The molecule has 27 heavy (non-hydrogen) atoms. The lowest BCUT2D eigenvalue weighted by molar-refractivity contribution is 0.00845. The number of benzene rings is 1. The molecule has 0 atom stereocenters. The lowest BCUT2D eigenvalue weighted by Crippen LogP contribution is -2.41. The molecule has 3 N–H and O–H groups in total. The number of hydrogen-bond donors (Lipinski definition) is 2. The molecule has 0 bridgehead atoms. The standard InChI is InChI=1S/C18H29N3O4S.ClH/c1-2-14-26(23,24)20-16-6-4-15(5-7-16)18(22)21-11-8-17(9-12-21)25-13-3-10-19;/h4-7,17,20H,2-3,8-14,19H2,1H3;1H. The number of anilines is 1. The van der Waals surface area contributed by atoms with Crippen LogP contribution in [0.4, 0.5) is 5.69 Å². The Morgan fingerprint density at radius 2 is 1.89 bits per heavy atom. The molecule has 7 nitrogen and oxygen atoms in total. The Morgan fingerprint density at radius 1 is 1.26 bits per heavy atom. The van der Waals surface area contributed by atoms with Gasteiger partial charge < -0.3 is 15.4 Å². The van der Waals surface area contributed by atoms with Crippen molar-refractivity contribution < 1.29 is 17.9 Å². The van der Waals surface area contributed by atoms with Gasteiger partial charge in [-0.25, -0.2) is 8.42 Å². The molecule has 0 spiro atoms. The molecule has 1 aliphatic rings. The van der Waals surface area contributed by atoms with Gasteiger partial charge in [0.25, 0.3) is 5.91 Å². The Morgan fingerprint density at radius 3 is 2.44 bits per heavy atom. The average molecular weight is 420 g/mol. The number of carbonyl (C=O) groups is 1.